The Morgan fingerprint density at radius 3 is 2.86 bits per heavy atom. The van der Waals surface area contributed by atoms with Crippen molar-refractivity contribution in [3.05, 3.63) is 0 Å². The lowest BCUT2D eigenvalue weighted by molar-refractivity contribution is 0.397. The van der Waals surface area contributed by atoms with Gasteiger partial charge in [-0.1, -0.05) is 33.1 Å². The second-order valence-corrected chi connectivity index (χ2v) is 5.54. The molecule has 0 aromatic rings. The van der Waals surface area contributed by atoms with Crippen LogP contribution in [0.3, 0.4) is 0 Å². The van der Waals surface area contributed by atoms with Crippen molar-refractivity contribution in [3.63, 3.8) is 0 Å². The molecule has 0 unspecified atom stereocenters. The molecule has 0 radical (unpaired) electrons. The SMILES string of the molecule is CCCC[C@H](CC)CN[C@@H]1CCSC1. The summed E-state index contributed by atoms with van der Waals surface area (Å²) >= 11 is 2.10. The van der Waals surface area contributed by atoms with Crippen LogP contribution in [0.5, 0.6) is 0 Å². The third-order valence-electron chi connectivity index (χ3n) is 3.17. The zero-order valence-corrected chi connectivity index (χ0v) is 10.5. The van der Waals surface area contributed by atoms with E-state index in [0.717, 1.165) is 12.0 Å². The Morgan fingerprint density at radius 1 is 1.43 bits per heavy atom. The maximum Gasteiger partial charge on any atom is 0.0166 e. The van der Waals surface area contributed by atoms with Gasteiger partial charge >= 0.3 is 0 Å². The summed E-state index contributed by atoms with van der Waals surface area (Å²) in [5, 5.41) is 3.72. The van der Waals surface area contributed by atoms with Crippen LogP contribution in [0.1, 0.15) is 46.0 Å². The third kappa shape index (κ3) is 4.70. The van der Waals surface area contributed by atoms with Gasteiger partial charge in [-0.3, -0.25) is 0 Å². The van der Waals surface area contributed by atoms with Crippen molar-refractivity contribution < 1.29 is 0 Å². The molecule has 0 saturated carbocycles. The van der Waals surface area contributed by atoms with E-state index in [1.165, 1.54) is 50.2 Å². The number of rotatable bonds is 7. The molecule has 0 aromatic carbocycles. The van der Waals surface area contributed by atoms with Crippen LogP contribution >= 0.6 is 11.8 Å². The summed E-state index contributed by atoms with van der Waals surface area (Å²) in [7, 11) is 0. The summed E-state index contributed by atoms with van der Waals surface area (Å²) in [5.41, 5.74) is 0. The van der Waals surface area contributed by atoms with Gasteiger partial charge in [0, 0.05) is 11.8 Å². The summed E-state index contributed by atoms with van der Waals surface area (Å²) in [5.74, 6) is 3.62. The van der Waals surface area contributed by atoms with Crippen LogP contribution in [0.25, 0.3) is 0 Å². The summed E-state index contributed by atoms with van der Waals surface area (Å²) in [6.07, 6.45) is 6.89. The molecule has 1 aliphatic heterocycles. The molecule has 0 amide bonds. The van der Waals surface area contributed by atoms with Crippen LogP contribution in [0.2, 0.25) is 0 Å². The Kier molecular flexibility index (Phi) is 6.70. The van der Waals surface area contributed by atoms with E-state index in [4.69, 9.17) is 0 Å². The van der Waals surface area contributed by atoms with E-state index in [9.17, 15) is 0 Å². The first-order valence-corrected chi connectivity index (χ1v) is 7.33. The first-order chi connectivity index (χ1) is 6.86. The quantitative estimate of drug-likeness (QED) is 0.699. The average Bonchev–Trinajstić information content (AvgIpc) is 2.71. The fourth-order valence-corrected chi connectivity index (χ4v) is 3.16. The van der Waals surface area contributed by atoms with Crippen LogP contribution < -0.4 is 5.32 Å². The lowest BCUT2D eigenvalue weighted by Crippen LogP contribution is -2.33. The lowest BCUT2D eigenvalue weighted by Gasteiger charge is -2.18. The van der Waals surface area contributed by atoms with Crippen molar-refractivity contribution in [2.45, 2.75) is 52.0 Å². The zero-order chi connectivity index (χ0) is 10.2. The molecule has 1 saturated heterocycles. The van der Waals surface area contributed by atoms with Gasteiger partial charge in [0.05, 0.1) is 0 Å². The first kappa shape index (κ1) is 12.4. The molecule has 14 heavy (non-hydrogen) atoms. The highest BCUT2D eigenvalue weighted by Crippen LogP contribution is 2.18. The second kappa shape index (κ2) is 7.58. The maximum atomic E-state index is 3.72. The van der Waals surface area contributed by atoms with Crippen LogP contribution in [0, 0.1) is 5.92 Å². The van der Waals surface area contributed by atoms with Gasteiger partial charge in [0.15, 0.2) is 0 Å². The zero-order valence-electron chi connectivity index (χ0n) is 9.72. The van der Waals surface area contributed by atoms with Gasteiger partial charge in [-0.2, -0.15) is 11.8 Å². The summed E-state index contributed by atoms with van der Waals surface area (Å²) in [6.45, 7) is 5.86. The monoisotopic (exact) mass is 215 g/mol. The third-order valence-corrected chi connectivity index (χ3v) is 4.33. The minimum absolute atomic E-state index is 0.815. The number of hydrogen-bond acceptors (Lipinski definition) is 2. The molecule has 2 heteroatoms. The Hall–Kier alpha value is 0.310. The van der Waals surface area contributed by atoms with E-state index in [2.05, 4.69) is 30.9 Å². The minimum atomic E-state index is 0.815. The van der Waals surface area contributed by atoms with Gasteiger partial charge in [-0.15, -0.1) is 0 Å². The summed E-state index contributed by atoms with van der Waals surface area (Å²) in [4.78, 5) is 0. The van der Waals surface area contributed by atoms with E-state index in [0.29, 0.717) is 0 Å². The molecule has 0 aromatic heterocycles. The van der Waals surface area contributed by atoms with Crippen molar-refractivity contribution in [1.82, 2.24) is 5.32 Å². The minimum Gasteiger partial charge on any atom is -0.313 e. The van der Waals surface area contributed by atoms with E-state index in [-0.39, 0.29) is 0 Å². The largest absolute Gasteiger partial charge is 0.313 e. The van der Waals surface area contributed by atoms with E-state index >= 15 is 0 Å². The van der Waals surface area contributed by atoms with Crippen molar-refractivity contribution in [1.29, 1.82) is 0 Å². The fraction of sp³-hybridized carbons (Fsp3) is 1.00. The Balaban J connectivity index is 2.06. The molecule has 0 bridgehead atoms. The van der Waals surface area contributed by atoms with Gasteiger partial charge in [0.2, 0.25) is 0 Å². The number of hydrogen-bond donors (Lipinski definition) is 1. The average molecular weight is 215 g/mol. The number of thioether (sulfide) groups is 1. The Morgan fingerprint density at radius 2 is 2.29 bits per heavy atom. The fourth-order valence-electron chi connectivity index (χ4n) is 1.97. The molecule has 1 heterocycles. The first-order valence-electron chi connectivity index (χ1n) is 6.18. The molecular weight excluding hydrogens is 190 g/mol. The topological polar surface area (TPSA) is 12.0 Å². The summed E-state index contributed by atoms with van der Waals surface area (Å²) in [6, 6.07) is 0.815. The van der Waals surface area contributed by atoms with Crippen molar-refractivity contribution >= 4 is 11.8 Å². The van der Waals surface area contributed by atoms with E-state index < -0.39 is 0 Å². The van der Waals surface area contributed by atoms with Gasteiger partial charge in [-0.05, 0) is 31.1 Å². The van der Waals surface area contributed by atoms with Crippen LogP contribution in [0.15, 0.2) is 0 Å². The highest BCUT2D eigenvalue weighted by atomic mass is 32.2. The Labute approximate surface area is 93.4 Å². The van der Waals surface area contributed by atoms with Gasteiger partial charge in [0.25, 0.3) is 0 Å². The van der Waals surface area contributed by atoms with E-state index in [1.54, 1.807) is 0 Å². The molecule has 1 aliphatic rings. The van der Waals surface area contributed by atoms with Gasteiger partial charge < -0.3 is 5.32 Å². The van der Waals surface area contributed by atoms with Gasteiger partial charge in [-0.25, -0.2) is 0 Å². The van der Waals surface area contributed by atoms with E-state index in [1.807, 2.05) is 0 Å². The summed E-state index contributed by atoms with van der Waals surface area (Å²) < 4.78 is 0. The smallest absolute Gasteiger partial charge is 0.0166 e. The molecule has 1 fully saturated rings. The van der Waals surface area contributed by atoms with Crippen molar-refractivity contribution in [2.24, 2.45) is 5.92 Å². The van der Waals surface area contributed by atoms with Crippen LogP contribution in [0.4, 0.5) is 0 Å². The maximum absolute atomic E-state index is 3.72. The molecule has 84 valence electrons. The number of unbranched alkanes of at least 4 members (excludes halogenated alkanes) is 1. The van der Waals surface area contributed by atoms with Crippen molar-refractivity contribution in [2.75, 3.05) is 18.1 Å². The highest BCUT2D eigenvalue weighted by Gasteiger charge is 2.15. The van der Waals surface area contributed by atoms with Crippen LogP contribution in [-0.4, -0.2) is 24.1 Å². The molecule has 1 rings (SSSR count). The molecule has 2 atom stereocenters. The second-order valence-electron chi connectivity index (χ2n) is 4.39. The standard InChI is InChI=1S/C12H25NS/c1-3-5-6-11(4-2)9-13-12-7-8-14-10-12/h11-13H,3-10H2,1-2H3/t11-,12+/m0/s1. The molecule has 1 nitrogen and oxygen atoms in total. The molecular formula is C12H25NS. The molecule has 1 N–H and O–H groups in total. The predicted molar refractivity (Wildman–Crippen MR) is 67.0 cm³/mol. The molecule has 0 spiro atoms. The Bertz CT molecular complexity index is 132. The number of nitrogens with one attached hydrogen (secondary N) is 1. The predicted octanol–water partition coefficient (Wildman–Crippen LogP) is 3.30. The molecule has 0 aliphatic carbocycles. The van der Waals surface area contributed by atoms with Crippen LogP contribution in [-0.2, 0) is 0 Å². The highest BCUT2D eigenvalue weighted by molar-refractivity contribution is 7.99. The van der Waals surface area contributed by atoms with Gasteiger partial charge in [0.1, 0.15) is 0 Å². The lowest BCUT2D eigenvalue weighted by atomic mass is 9.99. The van der Waals surface area contributed by atoms with Crippen molar-refractivity contribution in [3.8, 4) is 0 Å². The normalized spacial score (nSPS) is 24.0.